The number of ether oxygens (including phenoxy) is 1. The lowest BCUT2D eigenvalue weighted by Crippen LogP contribution is -2.34. The zero-order valence-corrected chi connectivity index (χ0v) is 10.1. The summed E-state index contributed by atoms with van der Waals surface area (Å²) in [7, 11) is 1.36. The summed E-state index contributed by atoms with van der Waals surface area (Å²) in [6.45, 7) is 4.25. The van der Waals surface area contributed by atoms with Crippen LogP contribution in [0, 0.1) is 0 Å². The van der Waals surface area contributed by atoms with Crippen LogP contribution in [-0.4, -0.2) is 19.1 Å². The maximum Gasteiger partial charge on any atom is 0.322 e. The summed E-state index contributed by atoms with van der Waals surface area (Å²) in [4.78, 5) is 11.3. The average Bonchev–Trinajstić information content (AvgIpc) is 2.28. The Morgan fingerprint density at radius 2 is 2.00 bits per heavy atom. The van der Waals surface area contributed by atoms with Crippen molar-refractivity contribution in [2.24, 2.45) is 5.73 Å². The van der Waals surface area contributed by atoms with Gasteiger partial charge in [-0.2, -0.15) is 0 Å². The second kappa shape index (κ2) is 5.66. The molecule has 1 atom stereocenters. The first-order valence-corrected chi connectivity index (χ1v) is 5.47. The van der Waals surface area contributed by atoms with Crippen LogP contribution in [0.5, 0.6) is 0 Å². The number of carbonyl (C=O) groups is 1. The first-order valence-electron chi connectivity index (χ1n) is 5.47. The zero-order chi connectivity index (χ0) is 12.1. The first-order chi connectivity index (χ1) is 7.56. The summed E-state index contributed by atoms with van der Waals surface area (Å²) in [5.41, 5.74) is 8.11. The van der Waals surface area contributed by atoms with Crippen LogP contribution in [0.1, 0.15) is 30.9 Å². The molecule has 3 heteroatoms. The molecule has 0 saturated heterocycles. The number of rotatable bonds is 4. The van der Waals surface area contributed by atoms with Crippen LogP contribution in [0.15, 0.2) is 24.3 Å². The molecule has 0 unspecified atom stereocenters. The van der Waals surface area contributed by atoms with Gasteiger partial charge >= 0.3 is 5.97 Å². The van der Waals surface area contributed by atoms with E-state index in [4.69, 9.17) is 5.73 Å². The number of carbonyl (C=O) groups excluding carboxylic acids is 1. The van der Waals surface area contributed by atoms with E-state index in [9.17, 15) is 4.79 Å². The highest BCUT2D eigenvalue weighted by Crippen LogP contribution is 2.20. The fourth-order valence-corrected chi connectivity index (χ4v) is 1.75. The third-order valence-corrected chi connectivity index (χ3v) is 2.62. The molecule has 0 aromatic heterocycles. The molecule has 2 N–H and O–H groups in total. The summed E-state index contributed by atoms with van der Waals surface area (Å²) >= 11 is 0. The van der Waals surface area contributed by atoms with Crippen LogP contribution < -0.4 is 5.73 Å². The molecule has 0 bridgehead atoms. The van der Waals surface area contributed by atoms with Crippen molar-refractivity contribution in [1.82, 2.24) is 0 Å². The van der Waals surface area contributed by atoms with E-state index in [1.54, 1.807) is 0 Å². The molecule has 88 valence electrons. The van der Waals surface area contributed by atoms with E-state index >= 15 is 0 Å². The van der Waals surface area contributed by atoms with Crippen molar-refractivity contribution < 1.29 is 9.53 Å². The Balaban J connectivity index is 2.84. The van der Waals surface area contributed by atoms with Crippen molar-refractivity contribution in [3.05, 3.63) is 35.4 Å². The topological polar surface area (TPSA) is 52.3 Å². The van der Waals surface area contributed by atoms with Gasteiger partial charge in [0.25, 0.3) is 0 Å². The lowest BCUT2D eigenvalue weighted by molar-refractivity contribution is -0.142. The van der Waals surface area contributed by atoms with Gasteiger partial charge in [0.15, 0.2) is 0 Å². The van der Waals surface area contributed by atoms with Gasteiger partial charge in [-0.1, -0.05) is 38.1 Å². The van der Waals surface area contributed by atoms with E-state index in [-0.39, 0.29) is 5.97 Å². The van der Waals surface area contributed by atoms with Crippen molar-refractivity contribution in [1.29, 1.82) is 0 Å². The van der Waals surface area contributed by atoms with Crippen LogP contribution >= 0.6 is 0 Å². The van der Waals surface area contributed by atoms with Crippen molar-refractivity contribution in [3.8, 4) is 0 Å². The minimum absolute atomic E-state index is 0.362. The van der Waals surface area contributed by atoms with Crippen LogP contribution in [0.3, 0.4) is 0 Å². The normalized spacial score (nSPS) is 12.6. The van der Waals surface area contributed by atoms with Gasteiger partial charge in [-0.05, 0) is 23.5 Å². The molecule has 3 nitrogen and oxygen atoms in total. The van der Waals surface area contributed by atoms with Gasteiger partial charge in [0.2, 0.25) is 0 Å². The molecule has 0 aliphatic rings. The van der Waals surface area contributed by atoms with Gasteiger partial charge in [0.05, 0.1) is 7.11 Å². The molecule has 0 saturated carbocycles. The second-order valence-corrected chi connectivity index (χ2v) is 4.19. The van der Waals surface area contributed by atoms with Gasteiger partial charge < -0.3 is 10.5 Å². The monoisotopic (exact) mass is 221 g/mol. The van der Waals surface area contributed by atoms with Gasteiger partial charge in [-0.25, -0.2) is 0 Å². The predicted octanol–water partition coefficient (Wildman–Crippen LogP) is 1.85. The average molecular weight is 221 g/mol. The predicted molar refractivity (Wildman–Crippen MR) is 64.2 cm³/mol. The highest BCUT2D eigenvalue weighted by Gasteiger charge is 2.16. The summed E-state index contributed by atoms with van der Waals surface area (Å²) in [6.07, 6.45) is 0.529. The van der Waals surface area contributed by atoms with Crippen LogP contribution in [0.25, 0.3) is 0 Å². The first kappa shape index (κ1) is 12.7. The van der Waals surface area contributed by atoms with Gasteiger partial charge in [-0.3, -0.25) is 4.79 Å². The maximum atomic E-state index is 11.3. The van der Waals surface area contributed by atoms with Crippen LogP contribution in [0.2, 0.25) is 0 Å². The van der Waals surface area contributed by atoms with E-state index in [0.717, 1.165) is 5.56 Å². The molecule has 16 heavy (non-hydrogen) atoms. The molecule has 0 heterocycles. The number of hydrogen-bond acceptors (Lipinski definition) is 3. The molecule has 0 aliphatic heterocycles. The molecular formula is C13H19NO2. The SMILES string of the molecule is COC(=O)[C@H](N)Cc1ccccc1C(C)C. The Morgan fingerprint density at radius 1 is 1.38 bits per heavy atom. The Hall–Kier alpha value is -1.35. The molecule has 1 aromatic carbocycles. The molecule has 0 spiro atoms. The summed E-state index contributed by atoms with van der Waals surface area (Å²) in [5.74, 6) is 0.0691. The number of hydrogen-bond donors (Lipinski definition) is 1. The Labute approximate surface area is 96.6 Å². The van der Waals surface area contributed by atoms with Gasteiger partial charge in [0, 0.05) is 0 Å². The van der Waals surface area contributed by atoms with E-state index < -0.39 is 6.04 Å². The van der Waals surface area contributed by atoms with Gasteiger partial charge in [-0.15, -0.1) is 0 Å². The summed E-state index contributed by atoms with van der Waals surface area (Å²) in [5, 5.41) is 0. The van der Waals surface area contributed by atoms with E-state index in [0.29, 0.717) is 12.3 Å². The summed E-state index contributed by atoms with van der Waals surface area (Å²) in [6, 6.07) is 7.47. The number of benzene rings is 1. The van der Waals surface area contributed by atoms with Crippen LogP contribution in [0.4, 0.5) is 0 Å². The number of methoxy groups -OCH3 is 1. The van der Waals surface area contributed by atoms with Crippen molar-refractivity contribution >= 4 is 5.97 Å². The Kier molecular flexibility index (Phi) is 4.50. The summed E-state index contributed by atoms with van der Waals surface area (Å²) < 4.78 is 4.62. The molecule has 0 fully saturated rings. The van der Waals surface area contributed by atoms with Crippen LogP contribution in [-0.2, 0) is 16.0 Å². The van der Waals surface area contributed by atoms with E-state index in [2.05, 4.69) is 24.7 Å². The van der Waals surface area contributed by atoms with Crippen molar-refractivity contribution in [2.75, 3.05) is 7.11 Å². The zero-order valence-electron chi connectivity index (χ0n) is 10.1. The van der Waals surface area contributed by atoms with Gasteiger partial charge in [0.1, 0.15) is 6.04 Å². The van der Waals surface area contributed by atoms with Crippen molar-refractivity contribution in [3.63, 3.8) is 0 Å². The smallest absolute Gasteiger partial charge is 0.322 e. The Morgan fingerprint density at radius 3 is 2.56 bits per heavy atom. The fraction of sp³-hybridized carbons (Fsp3) is 0.462. The molecular weight excluding hydrogens is 202 g/mol. The second-order valence-electron chi connectivity index (χ2n) is 4.19. The standard InChI is InChI=1S/C13H19NO2/c1-9(2)11-7-5-4-6-10(11)8-12(14)13(15)16-3/h4-7,9,12H,8,14H2,1-3H3/t12-/m1/s1. The van der Waals surface area contributed by atoms with E-state index in [1.807, 2.05) is 18.2 Å². The fourth-order valence-electron chi connectivity index (χ4n) is 1.75. The molecule has 1 aromatic rings. The highest BCUT2D eigenvalue weighted by molar-refractivity contribution is 5.75. The quantitative estimate of drug-likeness (QED) is 0.789. The minimum Gasteiger partial charge on any atom is -0.468 e. The molecule has 1 rings (SSSR count). The Bertz CT molecular complexity index is 361. The number of esters is 1. The molecule has 0 radical (unpaired) electrons. The third-order valence-electron chi connectivity index (χ3n) is 2.62. The minimum atomic E-state index is -0.579. The molecule has 0 aliphatic carbocycles. The molecule has 0 amide bonds. The van der Waals surface area contributed by atoms with E-state index in [1.165, 1.54) is 12.7 Å². The maximum absolute atomic E-state index is 11.3. The lowest BCUT2D eigenvalue weighted by atomic mass is 9.93. The van der Waals surface area contributed by atoms with Crippen molar-refractivity contribution in [2.45, 2.75) is 32.2 Å². The lowest BCUT2D eigenvalue weighted by Gasteiger charge is -2.15. The number of nitrogens with two attached hydrogens (primary N) is 1. The highest BCUT2D eigenvalue weighted by atomic mass is 16.5. The third kappa shape index (κ3) is 3.07. The largest absolute Gasteiger partial charge is 0.468 e.